The molecule has 3 nitrogen and oxygen atoms in total. The van der Waals surface area contributed by atoms with Crippen molar-refractivity contribution in [2.75, 3.05) is 13.7 Å². The molecule has 0 aliphatic rings. The van der Waals surface area contributed by atoms with Gasteiger partial charge in [-0.3, -0.25) is 4.79 Å². The lowest BCUT2D eigenvalue weighted by molar-refractivity contribution is 0.0933. The first-order chi connectivity index (χ1) is 7.93. The van der Waals surface area contributed by atoms with E-state index in [4.69, 9.17) is 10.5 Å². The topological polar surface area (TPSA) is 52.3 Å². The van der Waals surface area contributed by atoms with Crippen LogP contribution in [0.5, 0.6) is 5.75 Å². The predicted molar refractivity (Wildman–Crippen MR) is 69.8 cm³/mol. The van der Waals surface area contributed by atoms with E-state index in [1.807, 2.05) is 33.8 Å². The summed E-state index contributed by atoms with van der Waals surface area (Å²) in [5.41, 5.74) is 9.32. The molecule has 0 heterocycles. The minimum absolute atomic E-state index is 0.119. The number of rotatable bonds is 4. The molecule has 2 N–H and O–H groups in total. The third kappa shape index (κ3) is 2.50. The summed E-state index contributed by atoms with van der Waals surface area (Å²) < 4.78 is 5.29. The van der Waals surface area contributed by atoms with Gasteiger partial charge in [-0.2, -0.15) is 0 Å². The van der Waals surface area contributed by atoms with Gasteiger partial charge in [0, 0.05) is 18.0 Å². The van der Waals surface area contributed by atoms with E-state index in [-0.39, 0.29) is 11.7 Å². The van der Waals surface area contributed by atoms with Gasteiger partial charge in [0.1, 0.15) is 5.75 Å². The average Bonchev–Trinajstić information content (AvgIpc) is 2.32. The third-order valence-corrected chi connectivity index (χ3v) is 3.32. The molecule has 1 atom stereocenters. The van der Waals surface area contributed by atoms with Crippen LogP contribution in [0.2, 0.25) is 0 Å². The summed E-state index contributed by atoms with van der Waals surface area (Å²) >= 11 is 0. The molecule has 3 heteroatoms. The first kappa shape index (κ1) is 13.7. The second-order valence-corrected chi connectivity index (χ2v) is 4.52. The molecule has 0 fully saturated rings. The van der Waals surface area contributed by atoms with Crippen LogP contribution < -0.4 is 10.5 Å². The number of carbonyl (C=O) groups is 1. The highest BCUT2D eigenvalue weighted by Crippen LogP contribution is 2.28. The van der Waals surface area contributed by atoms with Gasteiger partial charge in [0.2, 0.25) is 0 Å². The fourth-order valence-electron chi connectivity index (χ4n) is 1.99. The van der Waals surface area contributed by atoms with Crippen molar-refractivity contribution in [1.29, 1.82) is 0 Å². The minimum Gasteiger partial charge on any atom is -0.496 e. The minimum atomic E-state index is -0.139. The van der Waals surface area contributed by atoms with Gasteiger partial charge in [0.15, 0.2) is 5.78 Å². The lowest BCUT2D eigenvalue weighted by Gasteiger charge is -2.17. The van der Waals surface area contributed by atoms with Gasteiger partial charge in [0.05, 0.1) is 7.11 Å². The van der Waals surface area contributed by atoms with E-state index in [0.717, 1.165) is 28.0 Å². The van der Waals surface area contributed by atoms with Gasteiger partial charge in [-0.1, -0.05) is 6.92 Å². The normalized spacial score (nSPS) is 12.4. The summed E-state index contributed by atoms with van der Waals surface area (Å²) in [6.07, 6.45) is 0. The van der Waals surface area contributed by atoms with Crippen LogP contribution in [0.3, 0.4) is 0 Å². The van der Waals surface area contributed by atoms with Crippen LogP contribution in [0.4, 0.5) is 0 Å². The van der Waals surface area contributed by atoms with E-state index in [9.17, 15) is 4.79 Å². The Hall–Kier alpha value is -1.35. The maximum Gasteiger partial charge on any atom is 0.167 e. The smallest absolute Gasteiger partial charge is 0.167 e. The van der Waals surface area contributed by atoms with E-state index in [1.54, 1.807) is 7.11 Å². The van der Waals surface area contributed by atoms with E-state index >= 15 is 0 Å². The molecule has 0 saturated carbocycles. The maximum absolute atomic E-state index is 12.2. The quantitative estimate of drug-likeness (QED) is 0.815. The Morgan fingerprint density at radius 3 is 2.41 bits per heavy atom. The average molecular weight is 235 g/mol. The molecule has 17 heavy (non-hydrogen) atoms. The van der Waals surface area contributed by atoms with Crippen molar-refractivity contribution in [2.24, 2.45) is 11.7 Å². The van der Waals surface area contributed by atoms with Crippen molar-refractivity contribution in [2.45, 2.75) is 27.7 Å². The fraction of sp³-hybridized carbons (Fsp3) is 0.500. The highest BCUT2D eigenvalue weighted by Gasteiger charge is 2.20. The Balaban J connectivity index is 3.35. The molecule has 0 aliphatic heterocycles. The molecular formula is C14H21NO2. The van der Waals surface area contributed by atoms with Crippen LogP contribution >= 0.6 is 0 Å². The van der Waals surface area contributed by atoms with Gasteiger partial charge in [-0.25, -0.2) is 0 Å². The molecule has 1 rings (SSSR count). The Bertz CT molecular complexity index is 438. The summed E-state index contributed by atoms with van der Waals surface area (Å²) in [5.74, 6) is 0.811. The molecule has 0 aliphatic carbocycles. The summed E-state index contributed by atoms with van der Waals surface area (Å²) in [4.78, 5) is 12.2. The molecule has 1 aromatic carbocycles. The number of methoxy groups -OCH3 is 1. The zero-order chi connectivity index (χ0) is 13.2. The molecule has 1 unspecified atom stereocenters. The molecule has 0 saturated heterocycles. The number of ether oxygens (including phenoxy) is 1. The van der Waals surface area contributed by atoms with Crippen LogP contribution in [0.25, 0.3) is 0 Å². The number of benzene rings is 1. The van der Waals surface area contributed by atoms with Crippen LogP contribution in [0, 0.1) is 26.7 Å². The van der Waals surface area contributed by atoms with Gasteiger partial charge in [0.25, 0.3) is 0 Å². The lowest BCUT2D eigenvalue weighted by Crippen LogP contribution is -2.22. The van der Waals surface area contributed by atoms with Crippen molar-refractivity contribution in [3.05, 3.63) is 28.3 Å². The predicted octanol–water partition coefficient (Wildman–Crippen LogP) is 2.40. The van der Waals surface area contributed by atoms with E-state index < -0.39 is 0 Å². The van der Waals surface area contributed by atoms with Crippen LogP contribution in [-0.4, -0.2) is 19.4 Å². The van der Waals surface area contributed by atoms with Crippen molar-refractivity contribution < 1.29 is 9.53 Å². The SMILES string of the molecule is COc1cc(C)c(C(=O)C(C)CN)c(C)c1C. The Kier molecular flexibility index (Phi) is 4.29. The monoisotopic (exact) mass is 235 g/mol. The zero-order valence-corrected chi connectivity index (χ0v) is 11.3. The summed E-state index contributed by atoms with van der Waals surface area (Å²) in [6, 6.07) is 1.92. The van der Waals surface area contributed by atoms with E-state index in [1.165, 1.54) is 0 Å². The zero-order valence-electron chi connectivity index (χ0n) is 11.3. The molecule has 0 spiro atoms. The highest BCUT2D eigenvalue weighted by molar-refractivity contribution is 6.01. The molecular weight excluding hydrogens is 214 g/mol. The summed E-state index contributed by atoms with van der Waals surface area (Å²) in [6.45, 7) is 8.10. The number of Topliss-reactive ketones (excluding diaryl/α,β-unsaturated/α-hetero) is 1. The number of hydrogen-bond acceptors (Lipinski definition) is 3. The maximum atomic E-state index is 12.2. The number of aryl methyl sites for hydroxylation is 1. The van der Waals surface area contributed by atoms with E-state index in [0.29, 0.717) is 6.54 Å². The Labute approximate surface area is 103 Å². The standard InChI is InChI=1S/C14H21NO2/c1-8-6-12(17-5)10(3)11(4)13(8)14(16)9(2)7-15/h6,9H,7,15H2,1-5H3. The molecule has 94 valence electrons. The fourth-order valence-corrected chi connectivity index (χ4v) is 1.99. The number of nitrogens with two attached hydrogens (primary N) is 1. The highest BCUT2D eigenvalue weighted by atomic mass is 16.5. The summed E-state index contributed by atoms with van der Waals surface area (Å²) in [7, 11) is 1.64. The van der Waals surface area contributed by atoms with Crippen molar-refractivity contribution in [3.8, 4) is 5.75 Å². The number of ketones is 1. The molecule has 1 aromatic rings. The number of carbonyl (C=O) groups excluding carboxylic acids is 1. The third-order valence-electron chi connectivity index (χ3n) is 3.32. The first-order valence-corrected chi connectivity index (χ1v) is 5.83. The second kappa shape index (κ2) is 5.32. The Morgan fingerprint density at radius 2 is 1.94 bits per heavy atom. The lowest BCUT2D eigenvalue weighted by atomic mass is 9.89. The second-order valence-electron chi connectivity index (χ2n) is 4.52. The van der Waals surface area contributed by atoms with Crippen LogP contribution in [0.1, 0.15) is 34.0 Å². The molecule has 0 amide bonds. The number of hydrogen-bond donors (Lipinski definition) is 1. The van der Waals surface area contributed by atoms with Gasteiger partial charge in [-0.15, -0.1) is 0 Å². The van der Waals surface area contributed by atoms with Crippen LogP contribution in [0.15, 0.2) is 6.07 Å². The van der Waals surface area contributed by atoms with E-state index in [2.05, 4.69) is 0 Å². The molecule has 0 bridgehead atoms. The van der Waals surface area contributed by atoms with Crippen molar-refractivity contribution >= 4 is 5.78 Å². The largest absolute Gasteiger partial charge is 0.496 e. The summed E-state index contributed by atoms with van der Waals surface area (Å²) in [5, 5.41) is 0. The van der Waals surface area contributed by atoms with Crippen LogP contribution in [-0.2, 0) is 0 Å². The van der Waals surface area contributed by atoms with Crippen molar-refractivity contribution in [3.63, 3.8) is 0 Å². The molecule has 0 radical (unpaired) electrons. The Morgan fingerprint density at radius 1 is 1.35 bits per heavy atom. The van der Waals surface area contributed by atoms with Crippen molar-refractivity contribution in [1.82, 2.24) is 0 Å². The first-order valence-electron chi connectivity index (χ1n) is 5.83. The van der Waals surface area contributed by atoms with Gasteiger partial charge < -0.3 is 10.5 Å². The van der Waals surface area contributed by atoms with Gasteiger partial charge in [-0.05, 0) is 43.5 Å². The van der Waals surface area contributed by atoms with Gasteiger partial charge >= 0.3 is 0 Å². The molecule has 0 aromatic heterocycles.